The molecule has 14 heavy (non-hydrogen) atoms. The smallest absolute Gasteiger partial charge is 0.154 e. The van der Waals surface area contributed by atoms with Gasteiger partial charge in [0, 0.05) is 5.75 Å². The van der Waals surface area contributed by atoms with Crippen LogP contribution < -0.4 is 5.73 Å². The molecule has 3 nitrogen and oxygen atoms in total. The van der Waals surface area contributed by atoms with Gasteiger partial charge in [-0.2, -0.15) is 0 Å². The summed E-state index contributed by atoms with van der Waals surface area (Å²) in [6.45, 7) is 0. The minimum absolute atomic E-state index is 0.296. The van der Waals surface area contributed by atoms with Crippen molar-refractivity contribution < 1.29 is 5.11 Å². The lowest BCUT2D eigenvalue weighted by atomic mass is 10.1. The van der Waals surface area contributed by atoms with Crippen molar-refractivity contribution >= 4 is 16.9 Å². The van der Waals surface area contributed by atoms with Gasteiger partial charge in [-0.3, -0.25) is 4.99 Å². The average molecular weight is 208 g/mol. The molecule has 1 aromatic carbocycles. The lowest BCUT2D eigenvalue weighted by Crippen LogP contribution is -2.08. The molecule has 0 radical (unpaired) electrons. The van der Waals surface area contributed by atoms with Crippen molar-refractivity contribution in [2.45, 2.75) is 12.5 Å². The van der Waals surface area contributed by atoms with Crippen LogP contribution in [0.3, 0.4) is 0 Å². The summed E-state index contributed by atoms with van der Waals surface area (Å²) in [5, 5.41) is 9.80. The number of rotatable bonds is 2. The first-order chi connectivity index (χ1) is 6.74. The summed E-state index contributed by atoms with van der Waals surface area (Å²) in [7, 11) is 0. The van der Waals surface area contributed by atoms with E-state index in [-0.39, 0.29) is 0 Å². The second-order valence-corrected chi connectivity index (χ2v) is 4.34. The van der Waals surface area contributed by atoms with Crippen LogP contribution in [0.4, 0.5) is 0 Å². The fourth-order valence-electron chi connectivity index (χ4n) is 1.44. The van der Waals surface area contributed by atoms with E-state index in [1.807, 2.05) is 12.1 Å². The number of hydrogen-bond acceptors (Lipinski definition) is 4. The second kappa shape index (κ2) is 3.92. The van der Waals surface area contributed by atoms with Gasteiger partial charge in [-0.1, -0.05) is 23.9 Å². The fourth-order valence-corrected chi connectivity index (χ4v) is 2.22. The number of hydrogen-bond donors (Lipinski definition) is 2. The number of phenolic OH excluding ortho intramolecular Hbond substituents is 1. The molecule has 0 fully saturated rings. The third-order valence-electron chi connectivity index (χ3n) is 2.14. The summed E-state index contributed by atoms with van der Waals surface area (Å²) in [6.07, 6.45) is 0.897. The van der Waals surface area contributed by atoms with E-state index in [4.69, 9.17) is 10.8 Å². The molecular formula is C10H12N2OS. The first-order valence-corrected chi connectivity index (χ1v) is 5.46. The highest BCUT2D eigenvalue weighted by atomic mass is 32.2. The second-order valence-electron chi connectivity index (χ2n) is 3.30. The SMILES string of the molecule is NC1=N[C@H](Cc2ccc(O)cc2)CS1. The lowest BCUT2D eigenvalue weighted by molar-refractivity contribution is 0.475. The Morgan fingerprint density at radius 2 is 2.14 bits per heavy atom. The summed E-state index contributed by atoms with van der Waals surface area (Å²) < 4.78 is 0. The molecule has 0 amide bonds. The van der Waals surface area contributed by atoms with E-state index < -0.39 is 0 Å². The van der Waals surface area contributed by atoms with Crippen molar-refractivity contribution in [1.82, 2.24) is 0 Å². The zero-order valence-corrected chi connectivity index (χ0v) is 8.50. The minimum atomic E-state index is 0.296. The molecule has 0 aromatic heterocycles. The van der Waals surface area contributed by atoms with Crippen LogP contribution in [0.1, 0.15) is 5.56 Å². The summed E-state index contributed by atoms with van der Waals surface area (Å²) >= 11 is 1.61. The molecule has 0 saturated heterocycles. The Labute approximate surface area is 87.0 Å². The molecule has 0 bridgehead atoms. The molecule has 3 N–H and O–H groups in total. The molecule has 0 aliphatic carbocycles. The average Bonchev–Trinajstić information content (AvgIpc) is 2.56. The maximum Gasteiger partial charge on any atom is 0.154 e. The quantitative estimate of drug-likeness (QED) is 0.771. The highest BCUT2D eigenvalue weighted by molar-refractivity contribution is 8.14. The van der Waals surface area contributed by atoms with Gasteiger partial charge in [0.15, 0.2) is 5.17 Å². The molecule has 0 saturated carbocycles. The normalized spacial score (nSPS) is 20.9. The monoisotopic (exact) mass is 208 g/mol. The Kier molecular flexibility index (Phi) is 2.63. The van der Waals surface area contributed by atoms with E-state index in [2.05, 4.69) is 4.99 Å². The van der Waals surface area contributed by atoms with E-state index in [1.54, 1.807) is 23.9 Å². The molecule has 74 valence electrons. The van der Waals surface area contributed by atoms with E-state index in [9.17, 15) is 0 Å². The number of aromatic hydroxyl groups is 1. The number of phenols is 1. The van der Waals surface area contributed by atoms with Gasteiger partial charge in [0.2, 0.25) is 0 Å². The molecule has 1 aliphatic heterocycles. The van der Waals surface area contributed by atoms with Crippen molar-refractivity contribution in [3.63, 3.8) is 0 Å². The van der Waals surface area contributed by atoms with Crippen LogP contribution in [0, 0.1) is 0 Å². The fraction of sp³-hybridized carbons (Fsp3) is 0.300. The van der Waals surface area contributed by atoms with E-state index >= 15 is 0 Å². The third-order valence-corrected chi connectivity index (χ3v) is 3.09. The zero-order chi connectivity index (χ0) is 9.97. The van der Waals surface area contributed by atoms with Crippen molar-refractivity contribution in [3.8, 4) is 5.75 Å². The predicted octanol–water partition coefficient (Wildman–Crippen LogP) is 1.36. The predicted molar refractivity (Wildman–Crippen MR) is 59.7 cm³/mol. The summed E-state index contributed by atoms with van der Waals surface area (Å²) in [5.74, 6) is 1.27. The minimum Gasteiger partial charge on any atom is -0.508 e. The Morgan fingerprint density at radius 1 is 1.43 bits per heavy atom. The van der Waals surface area contributed by atoms with Gasteiger partial charge in [0.05, 0.1) is 6.04 Å². The molecule has 0 unspecified atom stereocenters. The van der Waals surface area contributed by atoms with Gasteiger partial charge in [0.1, 0.15) is 5.75 Å². The van der Waals surface area contributed by atoms with Gasteiger partial charge in [-0.15, -0.1) is 0 Å². The van der Waals surface area contributed by atoms with E-state index in [0.29, 0.717) is 17.0 Å². The Hall–Kier alpha value is -1.16. The zero-order valence-electron chi connectivity index (χ0n) is 7.68. The maximum absolute atomic E-state index is 9.11. The van der Waals surface area contributed by atoms with Crippen LogP contribution in [0.15, 0.2) is 29.3 Å². The van der Waals surface area contributed by atoms with Gasteiger partial charge in [-0.25, -0.2) is 0 Å². The number of amidine groups is 1. The number of nitrogens with zero attached hydrogens (tertiary/aromatic N) is 1. The molecule has 1 aromatic rings. The first-order valence-electron chi connectivity index (χ1n) is 4.48. The van der Waals surface area contributed by atoms with Crippen LogP contribution >= 0.6 is 11.8 Å². The van der Waals surface area contributed by atoms with Crippen molar-refractivity contribution in [2.24, 2.45) is 10.7 Å². The lowest BCUT2D eigenvalue weighted by Gasteiger charge is -2.05. The highest BCUT2D eigenvalue weighted by Crippen LogP contribution is 2.19. The van der Waals surface area contributed by atoms with E-state index in [1.165, 1.54) is 5.56 Å². The summed E-state index contributed by atoms with van der Waals surface area (Å²) in [6, 6.07) is 7.54. The topological polar surface area (TPSA) is 58.6 Å². The van der Waals surface area contributed by atoms with Crippen LogP contribution in [0.2, 0.25) is 0 Å². The van der Waals surface area contributed by atoms with Gasteiger partial charge < -0.3 is 10.8 Å². The number of thioether (sulfide) groups is 1. The number of benzene rings is 1. The Balaban J connectivity index is 2.01. The van der Waals surface area contributed by atoms with Crippen molar-refractivity contribution in [3.05, 3.63) is 29.8 Å². The summed E-state index contributed by atoms with van der Waals surface area (Å²) in [4.78, 5) is 4.30. The standard InChI is InChI=1S/C10H12N2OS/c11-10-12-8(6-14-10)5-7-1-3-9(13)4-2-7/h1-4,8,13H,5-6H2,(H2,11,12)/t8-/m1/s1. The van der Waals surface area contributed by atoms with Crippen molar-refractivity contribution in [2.75, 3.05) is 5.75 Å². The van der Waals surface area contributed by atoms with Gasteiger partial charge in [-0.05, 0) is 24.1 Å². The highest BCUT2D eigenvalue weighted by Gasteiger charge is 2.16. The maximum atomic E-state index is 9.11. The molecule has 2 rings (SSSR count). The van der Waals surface area contributed by atoms with Gasteiger partial charge in [0.25, 0.3) is 0 Å². The van der Waals surface area contributed by atoms with Gasteiger partial charge >= 0.3 is 0 Å². The number of aliphatic imine (C=N–C) groups is 1. The van der Waals surface area contributed by atoms with Crippen LogP contribution in [0.25, 0.3) is 0 Å². The molecule has 0 spiro atoms. The van der Waals surface area contributed by atoms with Crippen LogP contribution in [0.5, 0.6) is 5.75 Å². The largest absolute Gasteiger partial charge is 0.508 e. The molecule has 1 aliphatic rings. The van der Waals surface area contributed by atoms with Crippen molar-refractivity contribution in [1.29, 1.82) is 0 Å². The number of nitrogens with two attached hydrogens (primary N) is 1. The molecule has 1 heterocycles. The molecule has 1 atom stereocenters. The third kappa shape index (κ3) is 2.20. The Morgan fingerprint density at radius 3 is 2.71 bits per heavy atom. The van der Waals surface area contributed by atoms with Crippen LogP contribution in [-0.4, -0.2) is 22.1 Å². The van der Waals surface area contributed by atoms with Crippen LogP contribution in [-0.2, 0) is 6.42 Å². The molecule has 4 heteroatoms. The molecular weight excluding hydrogens is 196 g/mol. The summed E-state index contributed by atoms with van der Waals surface area (Å²) in [5.41, 5.74) is 6.76. The van der Waals surface area contributed by atoms with E-state index in [0.717, 1.165) is 12.2 Å². The Bertz CT molecular complexity index is 348. The first kappa shape index (κ1) is 9.40.